The maximum Gasteiger partial charge on any atom is 0.128 e. The van der Waals surface area contributed by atoms with Crippen molar-refractivity contribution in [3.8, 4) is 22.8 Å². The maximum absolute atomic E-state index is 5.58. The van der Waals surface area contributed by atoms with Gasteiger partial charge in [-0.15, -0.1) is 0 Å². The van der Waals surface area contributed by atoms with E-state index in [-0.39, 0.29) is 0 Å². The summed E-state index contributed by atoms with van der Waals surface area (Å²) >= 11 is 0. The Morgan fingerprint density at radius 3 is 2.61 bits per heavy atom. The van der Waals surface area contributed by atoms with Crippen LogP contribution in [0.2, 0.25) is 0 Å². The van der Waals surface area contributed by atoms with Gasteiger partial charge in [0, 0.05) is 12.1 Å². The van der Waals surface area contributed by atoms with Gasteiger partial charge in [-0.3, -0.25) is 0 Å². The largest absolute Gasteiger partial charge is 0.497 e. The zero-order valence-corrected chi connectivity index (χ0v) is 10.4. The van der Waals surface area contributed by atoms with Crippen LogP contribution in [0.15, 0.2) is 30.6 Å². The van der Waals surface area contributed by atoms with E-state index in [9.17, 15) is 0 Å². The van der Waals surface area contributed by atoms with Gasteiger partial charge in [-0.05, 0) is 24.3 Å². The van der Waals surface area contributed by atoms with Crippen LogP contribution in [0.25, 0.3) is 11.3 Å². The average Bonchev–Trinajstić information content (AvgIpc) is 2.46. The van der Waals surface area contributed by atoms with Gasteiger partial charge in [0.05, 0.1) is 25.6 Å². The fourth-order valence-corrected chi connectivity index (χ4v) is 1.67. The molecule has 1 aromatic heterocycles. The Kier molecular flexibility index (Phi) is 3.74. The van der Waals surface area contributed by atoms with Crippen LogP contribution >= 0.6 is 0 Å². The zero-order valence-electron chi connectivity index (χ0n) is 10.4. The number of methoxy groups -OCH3 is 2. The van der Waals surface area contributed by atoms with Gasteiger partial charge in [0.25, 0.3) is 0 Å². The van der Waals surface area contributed by atoms with E-state index in [4.69, 9.17) is 15.2 Å². The molecular weight excluding hydrogens is 230 g/mol. The second-order valence-electron chi connectivity index (χ2n) is 3.66. The Morgan fingerprint density at radius 1 is 1.11 bits per heavy atom. The molecular formula is C13H15N3O2. The number of ether oxygens (including phenoxy) is 2. The fraction of sp³-hybridized carbons (Fsp3) is 0.231. The molecule has 2 aromatic rings. The number of hydrogen-bond acceptors (Lipinski definition) is 5. The van der Waals surface area contributed by atoms with Gasteiger partial charge in [0.2, 0.25) is 0 Å². The highest BCUT2D eigenvalue weighted by atomic mass is 16.5. The highest BCUT2D eigenvalue weighted by Gasteiger charge is 2.09. The predicted octanol–water partition coefficient (Wildman–Crippen LogP) is 1.62. The molecule has 0 radical (unpaired) electrons. The number of nitrogens with zero attached hydrogens (tertiary/aromatic N) is 2. The van der Waals surface area contributed by atoms with Crippen LogP contribution < -0.4 is 15.2 Å². The number of nitrogens with two attached hydrogens (primary N) is 1. The Balaban J connectivity index is 2.53. The Bertz CT molecular complexity index is 544. The van der Waals surface area contributed by atoms with E-state index in [0.717, 1.165) is 28.5 Å². The van der Waals surface area contributed by atoms with Crippen molar-refractivity contribution in [3.05, 3.63) is 36.3 Å². The number of hydrogen-bond donors (Lipinski definition) is 1. The lowest BCUT2D eigenvalue weighted by Gasteiger charge is -2.10. The second-order valence-corrected chi connectivity index (χ2v) is 3.66. The van der Waals surface area contributed by atoms with E-state index in [1.807, 2.05) is 24.3 Å². The molecule has 0 aliphatic heterocycles. The molecule has 0 unspecified atom stereocenters. The van der Waals surface area contributed by atoms with E-state index >= 15 is 0 Å². The van der Waals surface area contributed by atoms with Crippen LogP contribution in [0, 0.1) is 0 Å². The van der Waals surface area contributed by atoms with E-state index in [2.05, 4.69) is 9.97 Å². The SMILES string of the molecule is COc1ccc(OC)c(-c2cc(CN)ncn2)c1. The molecule has 1 aromatic carbocycles. The first-order valence-corrected chi connectivity index (χ1v) is 5.52. The van der Waals surface area contributed by atoms with Crippen molar-refractivity contribution < 1.29 is 9.47 Å². The fourth-order valence-electron chi connectivity index (χ4n) is 1.67. The summed E-state index contributed by atoms with van der Waals surface area (Å²) in [5, 5.41) is 0. The summed E-state index contributed by atoms with van der Waals surface area (Å²) in [6.45, 7) is 0.377. The zero-order chi connectivity index (χ0) is 13.0. The molecule has 0 amide bonds. The summed E-state index contributed by atoms with van der Waals surface area (Å²) in [6, 6.07) is 7.41. The summed E-state index contributed by atoms with van der Waals surface area (Å²) in [5.74, 6) is 1.48. The summed E-state index contributed by atoms with van der Waals surface area (Å²) in [4.78, 5) is 8.31. The van der Waals surface area contributed by atoms with Crippen molar-refractivity contribution in [1.29, 1.82) is 0 Å². The minimum absolute atomic E-state index is 0.377. The van der Waals surface area contributed by atoms with Crippen LogP contribution in [-0.2, 0) is 6.54 Å². The van der Waals surface area contributed by atoms with Gasteiger partial charge in [0.15, 0.2) is 0 Å². The van der Waals surface area contributed by atoms with Gasteiger partial charge >= 0.3 is 0 Å². The lowest BCUT2D eigenvalue weighted by atomic mass is 10.1. The molecule has 0 aliphatic rings. The Morgan fingerprint density at radius 2 is 1.94 bits per heavy atom. The Labute approximate surface area is 106 Å². The minimum atomic E-state index is 0.377. The third-order valence-corrected chi connectivity index (χ3v) is 2.62. The number of benzene rings is 1. The van der Waals surface area contributed by atoms with Crippen molar-refractivity contribution >= 4 is 0 Å². The van der Waals surface area contributed by atoms with E-state index < -0.39 is 0 Å². The lowest BCUT2D eigenvalue weighted by Crippen LogP contribution is -2.01. The standard InChI is InChI=1S/C13H15N3O2/c1-17-10-3-4-13(18-2)11(6-10)12-5-9(7-14)15-8-16-12/h3-6,8H,7,14H2,1-2H3. The molecule has 0 bridgehead atoms. The second kappa shape index (κ2) is 5.46. The molecule has 0 aliphatic carbocycles. The first-order chi connectivity index (χ1) is 8.78. The Hall–Kier alpha value is -2.14. The highest BCUT2D eigenvalue weighted by molar-refractivity contribution is 5.69. The lowest BCUT2D eigenvalue weighted by molar-refractivity contribution is 0.404. The minimum Gasteiger partial charge on any atom is -0.497 e. The topological polar surface area (TPSA) is 70.3 Å². The van der Waals surface area contributed by atoms with Crippen LogP contribution in [-0.4, -0.2) is 24.2 Å². The number of rotatable bonds is 4. The third kappa shape index (κ3) is 2.41. The van der Waals surface area contributed by atoms with Gasteiger partial charge in [-0.2, -0.15) is 0 Å². The van der Waals surface area contributed by atoms with Crippen molar-refractivity contribution in [2.24, 2.45) is 5.73 Å². The smallest absolute Gasteiger partial charge is 0.128 e. The van der Waals surface area contributed by atoms with Gasteiger partial charge < -0.3 is 15.2 Å². The third-order valence-electron chi connectivity index (χ3n) is 2.62. The van der Waals surface area contributed by atoms with Crippen molar-refractivity contribution in [3.63, 3.8) is 0 Å². The summed E-state index contributed by atoms with van der Waals surface area (Å²) in [6.07, 6.45) is 1.50. The molecule has 0 spiro atoms. The van der Waals surface area contributed by atoms with Crippen molar-refractivity contribution in [2.75, 3.05) is 14.2 Å². The highest BCUT2D eigenvalue weighted by Crippen LogP contribution is 2.32. The first-order valence-electron chi connectivity index (χ1n) is 5.52. The van der Waals surface area contributed by atoms with E-state index in [0.29, 0.717) is 6.54 Å². The molecule has 1 heterocycles. The average molecular weight is 245 g/mol. The van der Waals surface area contributed by atoms with Gasteiger partial charge in [0.1, 0.15) is 17.8 Å². The molecule has 2 N–H and O–H groups in total. The molecule has 2 rings (SSSR count). The molecule has 5 heteroatoms. The van der Waals surface area contributed by atoms with Gasteiger partial charge in [-0.1, -0.05) is 0 Å². The molecule has 0 saturated heterocycles. The molecule has 94 valence electrons. The van der Waals surface area contributed by atoms with E-state index in [1.165, 1.54) is 6.33 Å². The monoisotopic (exact) mass is 245 g/mol. The van der Waals surface area contributed by atoms with Crippen LogP contribution in [0.3, 0.4) is 0 Å². The maximum atomic E-state index is 5.58. The molecule has 0 fully saturated rings. The van der Waals surface area contributed by atoms with Crippen LogP contribution in [0.1, 0.15) is 5.69 Å². The molecule has 0 atom stereocenters. The molecule has 0 saturated carbocycles. The van der Waals surface area contributed by atoms with Crippen LogP contribution in [0.4, 0.5) is 0 Å². The summed E-state index contributed by atoms with van der Waals surface area (Å²) in [7, 11) is 3.24. The molecule has 5 nitrogen and oxygen atoms in total. The van der Waals surface area contributed by atoms with E-state index in [1.54, 1.807) is 14.2 Å². The number of aromatic nitrogens is 2. The predicted molar refractivity (Wildman–Crippen MR) is 68.5 cm³/mol. The van der Waals surface area contributed by atoms with Crippen LogP contribution in [0.5, 0.6) is 11.5 Å². The quantitative estimate of drug-likeness (QED) is 0.886. The van der Waals surface area contributed by atoms with Crippen molar-refractivity contribution in [1.82, 2.24) is 9.97 Å². The summed E-state index contributed by atoms with van der Waals surface area (Å²) < 4.78 is 10.5. The summed E-state index contributed by atoms with van der Waals surface area (Å²) in [5.41, 5.74) is 7.98. The van der Waals surface area contributed by atoms with Gasteiger partial charge in [-0.25, -0.2) is 9.97 Å². The normalized spacial score (nSPS) is 10.2. The first kappa shape index (κ1) is 12.3. The molecule has 18 heavy (non-hydrogen) atoms. The van der Waals surface area contributed by atoms with Crippen molar-refractivity contribution in [2.45, 2.75) is 6.54 Å².